The van der Waals surface area contributed by atoms with Crippen LogP contribution in [0.2, 0.25) is 0 Å². The quantitative estimate of drug-likeness (QED) is 0.654. The van der Waals surface area contributed by atoms with Gasteiger partial charge in [0.05, 0.1) is 0 Å². The van der Waals surface area contributed by atoms with Crippen LogP contribution in [0.4, 0.5) is 0 Å². The van der Waals surface area contributed by atoms with Crippen molar-refractivity contribution in [3.63, 3.8) is 0 Å². The minimum Gasteiger partial charge on any atom is -0.504 e. The molecule has 1 heterocycles. The molecule has 2 aromatic rings. The molecule has 0 aliphatic heterocycles. The first-order chi connectivity index (χ1) is 9.10. The van der Waals surface area contributed by atoms with Gasteiger partial charge in [0.15, 0.2) is 30.4 Å². The number of benzene rings is 1. The molecule has 3 heteroatoms. The average molecular weight is 258 g/mol. The number of hydrogen-bond acceptors (Lipinski definition) is 2. The largest absolute Gasteiger partial charge is 0.504 e. The zero-order valence-electron chi connectivity index (χ0n) is 11.4. The van der Waals surface area contributed by atoms with Gasteiger partial charge in [-0.2, -0.15) is 0 Å². The van der Waals surface area contributed by atoms with E-state index in [9.17, 15) is 10.2 Å². The Kier molecular flexibility index (Phi) is 4.05. The molecule has 0 aliphatic rings. The topological polar surface area (TPSA) is 44.3 Å². The van der Waals surface area contributed by atoms with Crippen molar-refractivity contribution in [2.24, 2.45) is 0 Å². The lowest BCUT2D eigenvalue weighted by atomic mass is 10.0. The van der Waals surface area contributed by atoms with E-state index in [0.29, 0.717) is 12.5 Å². The number of hydrogen-bond donors (Lipinski definition) is 2. The molecule has 0 spiro atoms. The van der Waals surface area contributed by atoms with E-state index in [0.717, 1.165) is 12.0 Å². The number of pyridine rings is 1. The van der Waals surface area contributed by atoms with Gasteiger partial charge < -0.3 is 10.2 Å². The Hall–Kier alpha value is -2.03. The maximum atomic E-state index is 9.47. The van der Waals surface area contributed by atoms with E-state index in [4.69, 9.17) is 0 Å². The zero-order valence-corrected chi connectivity index (χ0v) is 11.4. The Morgan fingerprint density at radius 1 is 1.05 bits per heavy atom. The van der Waals surface area contributed by atoms with Crippen LogP contribution in [0.25, 0.3) is 0 Å². The first kappa shape index (κ1) is 13.4. The summed E-state index contributed by atoms with van der Waals surface area (Å²) in [6.45, 7) is 5.08. The number of aromatic hydroxyl groups is 2. The molecule has 2 N–H and O–H groups in total. The third kappa shape index (κ3) is 3.25. The van der Waals surface area contributed by atoms with Gasteiger partial charge in [0.1, 0.15) is 0 Å². The highest BCUT2D eigenvalue weighted by Crippen LogP contribution is 2.24. The number of aromatic nitrogens is 1. The summed E-state index contributed by atoms with van der Waals surface area (Å²) in [6, 6.07) is 9.18. The molecule has 0 amide bonds. The zero-order chi connectivity index (χ0) is 13.8. The number of nitrogens with zero attached hydrogens (tertiary/aromatic N) is 1. The van der Waals surface area contributed by atoms with Gasteiger partial charge in [-0.15, -0.1) is 0 Å². The van der Waals surface area contributed by atoms with Crippen molar-refractivity contribution >= 4 is 0 Å². The molecular weight excluding hydrogens is 238 g/mol. The molecule has 0 aliphatic carbocycles. The highest BCUT2D eigenvalue weighted by molar-refractivity contribution is 5.40. The standard InChI is InChI=1S/C16H19NO2/c1-3-12(2)14-6-8-17(9-7-14)11-13-4-5-15(18)16(19)10-13/h4-10,12H,3,11H2,1-2H3,(H-,18,19)/p+1. The van der Waals surface area contributed by atoms with Crippen molar-refractivity contribution in [1.29, 1.82) is 0 Å². The second-order valence-corrected chi connectivity index (χ2v) is 4.94. The Morgan fingerprint density at radius 3 is 2.32 bits per heavy atom. The fourth-order valence-electron chi connectivity index (χ4n) is 2.02. The molecule has 0 bridgehead atoms. The molecule has 0 fully saturated rings. The molecule has 1 unspecified atom stereocenters. The van der Waals surface area contributed by atoms with Crippen molar-refractivity contribution in [3.8, 4) is 11.5 Å². The third-order valence-electron chi connectivity index (χ3n) is 3.50. The van der Waals surface area contributed by atoms with E-state index in [1.165, 1.54) is 11.6 Å². The summed E-state index contributed by atoms with van der Waals surface area (Å²) >= 11 is 0. The SMILES string of the molecule is CCC(C)c1cc[n+](Cc2ccc(O)c(O)c2)cc1. The maximum Gasteiger partial charge on any atom is 0.173 e. The number of phenolic OH excluding ortho intramolecular Hbond substituents is 2. The maximum absolute atomic E-state index is 9.47. The predicted octanol–water partition coefficient (Wildman–Crippen LogP) is 2.95. The van der Waals surface area contributed by atoms with Crippen LogP contribution in [0.5, 0.6) is 11.5 Å². The molecule has 0 radical (unpaired) electrons. The highest BCUT2D eigenvalue weighted by Gasteiger charge is 2.08. The Bertz CT molecular complexity index is 549. The monoisotopic (exact) mass is 258 g/mol. The summed E-state index contributed by atoms with van der Waals surface area (Å²) in [6.07, 6.45) is 5.23. The summed E-state index contributed by atoms with van der Waals surface area (Å²) in [5.41, 5.74) is 2.30. The normalized spacial score (nSPS) is 12.3. The third-order valence-corrected chi connectivity index (χ3v) is 3.50. The van der Waals surface area contributed by atoms with Crippen LogP contribution < -0.4 is 4.57 Å². The van der Waals surface area contributed by atoms with Gasteiger partial charge in [0, 0.05) is 17.7 Å². The van der Waals surface area contributed by atoms with E-state index in [1.807, 2.05) is 18.5 Å². The van der Waals surface area contributed by atoms with Gasteiger partial charge in [-0.25, -0.2) is 4.57 Å². The fraction of sp³-hybridized carbons (Fsp3) is 0.312. The van der Waals surface area contributed by atoms with Gasteiger partial charge in [0.25, 0.3) is 0 Å². The summed E-state index contributed by atoms with van der Waals surface area (Å²) in [5.74, 6) is 0.419. The van der Waals surface area contributed by atoms with Crippen LogP contribution in [-0.2, 0) is 6.54 Å². The summed E-state index contributed by atoms with van der Waals surface area (Å²) in [4.78, 5) is 0. The van der Waals surface area contributed by atoms with E-state index < -0.39 is 0 Å². The Labute approximate surface area is 113 Å². The lowest BCUT2D eigenvalue weighted by Gasteiger charge is -2.07. The smallest absolute Gasteiger partial charge is 0.173 e. The molecule has 100 valence electrons. The van der Waals surface area contributed by atoms with Gasteiger partial charge >= 0.3 is 0 Å². The van der Waals surface area contributed by atoms with E-state index in [-0.39, 0.29) is 11.5 Å². The molecular formula is C16H20NO2+. The summed E-state index contributed by atoms with van der Waals surface area (Å²) < 4.78 is 2.05. The van der Waals surface area contributed by atoms with Crippen LogP contribution in [0.1, 0.15) is 37.3 Å². The fourth-order valence-corrected chi connectivity index (χ4v) is 2.02. The second-order valence-electron chi connectivity index (χ2n) is 4.94. The predicted molar refractivity (Wildman–Crippen MR) is 74.2 cm³/mol. The van der Waals surface area contributed by atoms with Gasteiger partial charge in [-0.05, 0) is 36.1 Å². The van der Waals surface area contributed by atoms with E-state index in [1.54, 1.807) is 6.07 Å². The van der Waals surface area contributed by atoms with Crippen LogP contribution in [0, 0.1) is 0 Å². The molecule has 1 aromatic heterocycles. The van der Waals surface area contributed by atoms with Crippen molar-refractivity contribution in [1.82, 2.24) is 0 Å². The minimum absolute atomic E-state index is 0.0747. The van der Waals surface area contributed by atoms with Gasteiger partial charge in [-0.1, -0.05) is 13.8 Å². The minimum atomic E-state index is -0.0825. The molecule has 1 aromatic carbocycles. The molecule has 0 saturated heterocycles. The van der Waals surface area contributed by atoms with Gasteiger partial charge in [-0.3, -0.25) is 0 Å². The Morgan fingerprint density at radius 2 is 1.74 bits per heavy atom. The van der Waals surface area contributed by atoms with Gasteiger partial charge in [0.2, 0.25) is 0 Å². The van der Waals surface area contributed by atoms with Crippen molar-refractivity contribution in [3.05, 3.63) is 53.9 Å². The van der Waals surface area contributed by atoms with Crippen LogP contribution in [0.3, 0.4) is 0 Å². The summed E-state index contributed by atoms with van der Waals surface area (Å²) in [7, 11) is 0. The first-order valence-corrected chi connectivity index (χ1v) is 6.60. The van der Waals surface area contributed by atoms with E-state index in [2.05, 4.69) is 30.5 Å². The number of rotatable bonds is 4. The van der Waals surface area contributed by atoms with Crippen LogP contribution in [0.15, 0.2) is 42.7 Å². The van der Waals surface area contributed by atoms with Crippen LogP contribution >= 0.6 is 0 Å². The van der Waals surface area contributed by atoms with E-state index >= 15 is 0 Å². The molecule has 0 saturated carbocycles. The molecule has 19 heavy (non-hydrogen) atoms. The van der Waals surface area contributed by atoms with Crippen molar-refractivity contribution in [2.45, 2.75) is 32.7 Å². The summed E-state index contributed by atoms with van der Waals surface area (Å²) in [5, 5.41) is 18.7. The van der Waals surface area contributed by atoms with Crippen LogP contribution in [-0.4, -0.2) is 10.2 Å². The first-order valence-electron chi connectivity index (χ1n) is 6.60. The lowest BCUT2D eigenvalue weighted by Crippen LogP contribution is -2.33. The Balaban J connectivity index is 2.12. The van der Waals surface area contributed by atoms with Crippen molar-refractivity contribution < 1.29 is 14.8 Å². The second kappa shape index (κ2) is 5.74. The highest BCUT2D eigenvalue weighted by atomic mass is 16.3. The lowest BCUT2D eigenvalue weighted by molar-refractivity contribution is -0.688. The number of phenols is 2. The molecule has 3 nitrogen and oxygen atoms in total. The molecule has 2 rings (SSSR count). The molecule has 1 atom stereocenters. The van der Waals surface area contributed by atoms with Crippen molar-refractivity contribution in [2.75, 3.05) is 0 Å². The average Bonchev–Trinajstić information content (AvgIpc) is 2.43.